The summed E-state index contributed by atoms with van der Waals surface area (Å²) in [5.74, 6) is -2.75. The SMILES string of the molecule is CCc1nn(CC)c(-c2ccc(C(=O)C(F)(F)F)cc2OC(F)F)c1Cl.O=C=O. The first-order chi connectivity index (χ1) is 13.5. The van der Waals surface area contributed by atoms with Crippen molar-refractivity contribution in [1.82, 2.24) is 9.78 Å². The number of carbonyl (C=O) groups excluding carboxylic acids is 3. The van der Waals surface area contributed by atoms with Gasteiger partial charge in [-0.2, -0.15) is 36.6 Å². The number of ether oxygens (including phenoxy) is 1. The molecule has 0 aliphatic heterocycles. The highest BCUT2D eigenvalue weighted by atomic mass is 35.5. The molecule has 158 valence electrons. The van der Waals surface area contributed by atoms with E-state index in [0.717, 1.165) is 12.1 Å². The minimum absolute atomic E-state index is 0.0167. The molecule has 0 aliphatic carbocycles. The van der Waals surface area contributed by atoms with Gasteiger partial charge in [-0.3, -0.25) is 9.48 Å². The predicted molar refractivity (Wildman–Crippen MR) is 89.7 cm³/mol. The number of carbonyl (C=O) groups is 1. The molecule has 0 radical (unpaired) electrons. The Hall–Kier alpha value is -2.78. The normalized spacial score (nSPS) is 10.9. The van der Waals surface area contributed by atoms with Crippen LogP contribution in [-0.4, -0.2) is 34.5 Å². The highest BCUT2D eigenvalue weighted by Gasteiger charge is 2.39. The molecule has 0 spiro atoms. The molecule has 29 heavy (non-hydrogen) atoms. The molecule has 0 unspecified atom stereocenters. The quantitative estimate of drug-likeness (QED) is 0.486. The smallest absolute Gasteiger partial charge is 0.434 e. The highest BCUT2D eigenvalue weighted by molar-refractivity contribution is 6.33. The van der Waals surface area contributed by atoms with Gasteiger partial charge in [0.15, 0.2) is 0 Å². The van der Waals surface area contributed by atoms with Gasteiger partial charge in [-0.1, -0.05) is 24.6 Å². The number of halogens is 6. The Kier molecular flexibility index (Phi) is 8.47. The molecule has 0 aliphatic rings. The van der Waals surface area contributed by atoms with Crippen molar-refractivity contribution in [1.29, 1.82) is 0 Å². The van der Waals surface area contributed by atoms with Crippen molar-refractivity contribution in [3.63, 3.8) is 0 Å². The van der Waals surface area contributed by atoms with Crippen molar-refractivity contribution >= 4 is 23.5 Å². The molecule has 1 aromatic heterocycles. The Balaban J connectivity index is 0.00000132. The van der Waals surface area contributed by atoms with Crippen LogP contribution >= 0.6 is 11.6 Å². The predicted octanol–water partition coefficient (Wildman–Crippen LogP) is 4.55. The van der Waals surface area contributed by atoms with Crippen LogP contribution in [0.25, 0.3) is 11.3 Å². The van der Waals surface area contributed by atoms with E-state index in [-0.39, 0.29) is 22.4 Å². The van der Waals surface area contributed by atoms with Gasteiger partial charge in [-0.25, -0.2) is 0 Å². The zero-order chi connectivity index (χ0) is 22.4. The molecule has 1 aromatic carbocycles. The average molecular weight is 441 g/mol. The number of nitrogens with zero attached hydrogens (tertiary/aromatic N) is 2. The van der Waals surface area contributed by atoms with Crippen molar-refractivity contribution in [2.45, 2.75) is 39.6 Å². The van der Waals surface area contributed by atoms with E-state index in [1.807, 2.05) is 0 Å². The van der Waals surface area contributed by atoms with E-state index in [2.05, 4.69) is 9.84 Å². The standard InChI is InChI=1S/C16H14ClF5N2O2.CO2/c1-3-10-12(17)13(24(4-2)23-10)9-6-5-8(14(25)16(20,21)22)7-11(9)26-15(18)19;2-1-3/h5-7,15H,3-4H2,1-2H3;. The maximum Gasteiger partial charge on any atom is 0.454 e. The van der Waals surface area contributed by atoms with Crippen LogP contribution in [0.1, 0.15) is 29.9 Å². The third-order valence-corrected chi connectivity index (χ3v) is 3.96. The van der Waals surface area contributed by atoms with Crippen LogP contribution in [-0.2, 0) is 22.6 Å². The van der Waals surface area contributed by atoms with E-state index in [1.165, 1.54) is 4.68 Å². The van der Waals surface area contributed by atoms with Crippen LogP contribution in [0.3, 0.4) is 0 Å². The minimum atomic E-state index is -5.14. The van der Waals surface area contributed by atoms with Gasteiger partial charge < -0.3 is 4.74 Å². The van der Waals surface area contributed by atoms with Crippen molar-refractivity contribution in [2.75, 3.05) is 0 Å². The van der Waals surface area contributed by atoms with Crippen LogP contribution in [0.4, 0.5) is 22.0 Å². The Bertz CT molecular complexity index is 906. The number of Topliss-reactive ketones (excluding diaryl/α,β-unsaturated/α-hetero) is 1. The summed E-state index contributed by atoms with van der Waals surface area (Å²) in [5, 5.41) is 4.42. The van der Waals surface area contributed by atoms with E-state index in [0.29, 0.717) is 24.7 Å². The molecule has 0 N–H and O–H groups in total. The molecule has 0 fully saturated rings. The van der Waals surface area contributed by atoms with Crippen molar-refractivity contribution in [3.05, 3.63) is 34.5 Å². The Morgan fingerprint density at radius 2 is 1.86 bits per heavy atom. The molecule has 2 aromatic rings. The summed E-state index contributed by atoms with van der Waals surface area (Å²) in [6.45, 7) is 0.570. The summed E-state index contributed by atoms with van der Waals surface area (Å²) in [5.41, 5.74) is -0.0657. The largest absolute Gasteiger partial charge is 0.454 e. The first-order valence-electron chi connectivity index (χ1n) is 7.96. The third kappa shape index (κ3) is 5.85. The van der Waals surface area contributed by atoms with Crippen LogP contribution < -0.4 is 4.74 Å². The van der Waals surface area contributed by atoms with E-state index in [9.17, 15) is 26.7 Å². The summed E-state index contributed by atoms with van der Waals surface area (Å²) in [6, 6.07) is 2.61. The van der Waals surface area contributed by atoms with E-state index < -0.39 is 29.9 Å². The highest BCUT2D eigenvalue weighted by Crippen LogP contribution is 2.39. The molecule has 0 saturated carbocycles. The van der Waals surface area contributed by atoms with E-state index >= 15 is 0 Å². The van der Waals surface area contributed by atoms with Gasteiger partial charge in [0.1, 0.15) is 5.75 Å². The molecule has 6 nitrogen and oxygen atoms in total. The fourth-order valence-corrected chi connectivity index (χ4v) is 2.79. The zero-order valence-electron chi connectivity index (χ0n) is 15.0. The lowest BCUT2D eigenvalue weighted by molar-refractivity contribution is -0.191. The van der Waals surface area contributed by atoms with Crippen molar-refractivity contribution in [2.24, 2.45) is 0 Å². The monoisotopic (exact) mass is 440 g/mol. The summed E-state index contributed by atoms with van der Waals surface area (Å²) >= 11 is 6.25. The number of ketones is 1. The summed E-state index contributed by atoms with van der Waals surface area (Å²) in [4.78, 5) is 27.6. The number of rotatable bonds is 6. The summed E-state index contributed by atoms with van der Waals surface area (Å²) < 4.78 is 69.1. The number of aromatic nitrogens is 2. The maximum absolute atomic E-state index is 12.8. The van der Waals surface area contributed by atoms with Gasteiger partial charge in [-0.15, -0.1) is 0 Å². The van der Waals surface area contributed by atoms with Crippen molar-refractivity contribution in [3.8, 4) is 17.0 Å². The van der Waals surface area contributed by atoms with Gasteiger partial charge in [0, 0.05) is 17.7 Å². The number of hydrogen-bond acceptors (Lipinski definition) is 5. The van der Waals surface area contributed by atoms with Gasteiger partial charge in [0.05, 0.1) is 16.4 Å². The van der Waals surface area contributed by atoms with Gasteiger partial charge >= 0.3 is 18.9 Å². The molecule has 0 amide bonds. The number of alkyl halides is 5. The third-order valence-electron chi connectivity index (χ3n) is 3.57. The number of aryl methyl sites for hydroxylation is 2. The van der Waals surface area contributed by atoms with Gasteiger partial charge in [-0.05, 0) is 25.5 Å². The fraction of sp³-hybridized carbons (Fsp3) is 0.353. The number of hydrogen-bond donors (Lipinski definition) is 0. The first-order valence-corrected chi connectivity index (χ1v) is 8.34. The van der Waals surface area contributed by atoms with Crippen LogP contribution in [0.2, 0.25) is 5.02 Å². The Morgan fingerprint density at radius 1 is 1.28 bits per heavy atom. The molecule has 2 rings (SSSR count). The lowest BCUT2D eigenvalue weighted by Crippen LogP contribution is -2.22. The second kappa shape index (κ2) is 10.1. The summed E-state index contributed by atoms with van der Waals surface area (Å²) in [7, 11) is 0. The Labute approximate surface area is 166 Å². The van der Waals surface area contributed by atoms with Gasteiger partial charge in [0.25, 0.3) is 5.78 Å². The van der Waals surface area contributed by atoms with Crippen molar-refractivity contribution < 1.29 is 41.1 Å². The molecule has 0 bridgehead atoms. The lowest BCUT2D eigenvalue weighted by atomic mass is 10.0. The molecular weight excluding hydrogens is 427 g/mol. The molecule has 12 heteroatoms. The number of benzene rings is 1. The topological polar surface area (TPSA) is 78.3 Å². The van der Waals surface area contributed by atoms with Crippen LogP contribution in [0.5, 0.6) is 5.75 Å². The molecule has 0 saturated heterocycles. The second-order valence-electron chi connectivity index (χ2n) is 5.28. The van der Waals surface area contributed by atoms with E-state index in [4.69, 9.17) is 21.2 Å². The van der Waals surface area contributed by atoms with Gasteiger partial charge in [0.2, 0.25) is 0 Å². The lowest BCUT2D eigenvalue weighted by Gasteiger charge is -2.14. The minimum Gasteiger partial charge on any atom is -0.434 e. The molecule has 1 heterocycles. The van der Waals surface area contributed by atoms with Crippen LogP contribution in [0.15, 0.2) is 18.2 Å². The second-order valence-corrected chi connectivity index (χ2v) is 5.66. The fourth-order valence-electron chi connectivity index (χ4n) is 2.42. The van der Waals surface area contributed by atoms with Crippen LogP contribution in [0, 0.1) is 0 Å². The summed E-state index contributed by atoms with van der Waals surface area (Å²) in [6.07, 6.45) is -4.42. The Morgan fingerprint density at radius 3 is 2.31 bits per heavy atom. The molecular formula is C17H14ClF5N2O4. The zero-order valence-corrected chi connectivity index (χ0v) is 15.8. The average Bonchev–Trinajstić information content (AvgIpc) is 2.96. The first kappa shape index (κ1) is 24.3. The van der Waals surface area contributed by atoms with E-state index in [1.54, 1.807) is 13.8 Å². The maximum atomic E-state index is 12.8. The molecule has 0 atom stereocenters.